The van der Waals surface area contributed by atoms with Crippen molar-refractivity contribution in [3.05, 3.63) is 71.8 Å². The molecule has 1 saturated carbocycles. The van der Waals surface area contributed by atoms with Crippen LogP contribution < -0.4 is 21.5 Å². The van der Waals surface area contributed by atoms with Crippen molar-refractivity contribution in [3.63, 3.8) is 0 Å². The van der Waals surface area contributed by atoms with Gasteiger partial charge in [0.05, 0.1) is 12.0 Å². The summed E-state index contributed by atoms with van der Waals surface area (Å²) in [5.41, 5.74) is 5.38. The average molecular weight is 554 g/mol. The molecule has 1 unspecified atom stereocenters. The van der Waals surface area contributed by atoms with Crippen LogP contribution in [0.4, 0.5) is 4.79 Å². The molecule has 1 aliphatic carbocycles. The van der Waals surface area contributed by atoms with Crippen molar-refractivity contribution in [3.8, 4) is 0 Å². The molecule has 0 spiro atoms. The zero-order valence-electron chi connectivity index (χ0n) is 21.0. The van der Waals surface area contributed by atoms with Crippen LogP contribution in [-0.2, 0) is 27.4 Å². The maximum Gasteiger partial charge on any atom is 0.408 e. The van der Waals surface area contributed by atoms with Crippen LogP contribution in [0.2, 0.25) is 0 Å². The summed E-state index contributed by atoms with van der Waals surface area (Å²) in [6.45, 7) is 2.10. The molecule has 6 N–H and O–H groups in total. The van der Waals surface area contributed by atoms with Crippen LogP contribution in [0.1, 0.15) is 43.7 Å². The second-order valence-corrected chi connectivity index (χ2v) is 8.54. The van der Waals surface area contributed by atoms with Gasteiger partial charge in [-0.05, 0) is 30.4 Å². The van der Waals surface area contributed by atoms with E-state index >= 15 is 0 Å². The van der Waals surface area contributed by atoms with Gasteiger partial charge in [-0.3, -0.25) is 4.79 Å². The van der Waals surface area contributed by atoms with E-state index in [1.807, 2.05) is 43.3 Å². The molecule has 206 valence electrons. The van der Waals surface area contributed by atoms with E-state index in [0.717, 1.165) is 36.8 Å². The van der Waals surface area contributed by atoms with E-state index in [4.69, 9.17) is 4.74 Å². The Balaban J connectivity index is 0.000000747. The summed E-state index contributed by atoms with van der Waals surface area (Å²) in [5.74, 6) is -1.60. The minimum atomic E-state index is -1.35. The van der Waals surface area contributed by atoms with Gasteiger partial charge in [0.2, 0.25) is 0 Å². The predicted octanol–water partition coefficient (Wildman–Crippen LogP) is 0.536. The molecular formula is C26H39N3O6S2. The number of carboxylic acids is 1. The Kier molecular flexibility index (Phi) is 17.1. The Bertz CT molecular complexity index is 932. The quantitative estimate of drug-likeness (QED) is 0.318. The summed E-state index contributed by atoms with van der Waals surface area (Å²) in [6, 6.07) is 17.2. The van der Waals surface area contributed by atoms with Gasteiger partial charge in [-0.15, -0.1) is 0 Å². The lowest BCUT2D eigenvalue weighted by Crippen LogP contribution is -2.68. The molecule has 2 aromatic carbocycles. The molecule has 1 aliphatic rings. The van der Waals surface area contributed by atoms with Crippen LogP contribution in [0.25, 0.3) is 0 Å². The number of aliphatic hydroxyl groups excluding tert-OH is 1. The van der Waals surface area contributed by atoms with E-state index in [1.165, 1.54) is 0 Å². The van der Waals surface area contributed by atoms with Crippen molar-refractivity contribution in [2.45, 2.75) is 69.9 Å². The number of nitrogens with one attached hydrogen (secondary N) is 2. The molecule has 0 saturated heterocycles. The molecule has 2 amide bonds. The third kappa shape index (κ3) is 14.0. The highest BCUT2D eigenvalue weighted by Crippen LogP contribution is 2.18. The second kappa shape index (κ2) is 18.5. The van der Waals surface area contributed by atoms with Crippen LogP contribution >= 0.6 is 27.0 Å². The van der Waals surface area contributed by atoms with Gasteiger partial charge in [0, 0.05) is 12.5 Å². The molecule has 2 aromatic rings. The molecule has 11 heteroatoms. The number of hydrogen-bond donors (Lipinski definition) is 4. The fourth-order valence-corrected chi connectivity index (χ4v) is 3.21. The Hall–Kier alpha value is -2.73. The number of alkyl carbamates (subject to hydrolysis) is 1. The number of carbonyl (C=O) groups excluding carboxylic acids is 3. The highest BCUT2D eigenvalue weighted by atomic mass is 32.1. The van der Waals surface area contributed by atoms with Crippen LogP contribution in [0.5, 0.6) is 0 Å². The van der Waals surface area contributed by atoms with Crippen molar-refractivity contribution in [2.24, 2.45) is 0 Å². The molecule has 9 nitrogen and oxygen atoms in total. The average Bonchev–Trinajstić information content (AvgIpc) is 3.67. The molecule has 3 atom stereocenters. The van der Waals surface area contributed by atoms with E-state index in [1.54, 1.807) is 24.3 Å². The van der Waals surface area contributed by atoms with E-state index < -0.39 is 24.2 Å². The predicted molar refractivity (Wildman–Crippen MR) is 148 cm³/mol. The van der Waals surface area contributed by atoms with E-state index in [2.05, 4.69) is 16.4 Å². The Labute approximate surface area is 232 Å². The monoisotopic (exact) mass is 553 g/mol. The molecule has 0 aromatic heterocycles. The number of quaternary nitrogens is 1. The van der Waals surface area contributed by atoms with Gasteiger partial charge in [0.1, 0.15) is 12.6 Å². The fraction of sp³-hybridized carbons (Fsp3) is 0.423. The van der Waals surface area contributed by atoms with Crippen LogP contribution in [0, 0.1) is 0 Å². The first-order valence-electron chi connectivity index (χ1n) is 11.8. The lowest BCUT2D eigenvalue weighted by molar-refractivity contribution is -0.434. The van der Waals surface area contributed by atoms with Gasteiger partial charge in [-0.25, -0.2) is 4.79 Å². The summed E-state index contributed by atoms with van der Waals surface area (Å²) in [5, 5.41) is 25.7. The smallest absolute Gasteiger partial charge is 0.408 e. The normalized spacial score (nSPS) is 14.1. The van der Waals surface area contributed by atoms with Gasteiger partial charge < -0.3 is 36.1 Å². The van der Waals surface area contributed by atoms with Crippen LogP contribution in [0.3, 0.4) is 0 Å². The van der Waals surface area contributed by atoms with Crippen LogP contribution in [-0.4, -0.2) is 47.3 Å². The zero-order chi connectivity index (χ0) is 25.6. The summed E-state index contributed by atoms with van der Waals surface area (Å²) >= 11 is 0. The molecule has 3 rings (SSSR count). The summed E-state index contributed by atoms with van der Waals surface area (Å²) in [6.07, 6.45) is 2.27. The number of amides is 2. The van der Waals surface area contributed by atoms with E-state index in [9.17, 15) is 24.6 Å². The van der Waals surface area contributed by atoms with Crippen molar-refractivity contribution < 1.29 is 35.1 Å². The number of ether oxygens (including phenoxy) is 1. The first-order valence-corrected chi connectivity index (χ1v) is 11.8. The van der Waals surface area contributed by atoms with E-state index in [-0.39, 0.29) is 52.0 Å². The topological polar surface area (TPSA) is 155 Å². The van der Waals surface area contributed by atoms with Gasteiger partial charge in [0.15, 0.2) is 6.10 Å². The first kappa shape index (κ1) is 34.3. The number of hydrogen-bond acceptors (Lipinski definition) is 6. The van der Waals surface area contributed by atoms with Gasteiger partial charge in [-0.2, -0.15) is 27.0 Å². The largest absolute Gasteiger partial charge is 0.548 e. The van der Waals surface area contributed by atoms with Crippen molar-refractivity contribution >= 4 is 45.0 Å². The third-order valence-corrected chi connectivity index (χ3v) is 5.37. The molecule has 0 aliphatic heterocycles. The minimum Gasteiger partial charge on any atom is -0.548 e. The lowest BCUT2D eigenvalue weighted by Gasteiger charge is -2.19. The Morgan fingerprint density at radius 3 is 2.05 bits per heavy atom. The van der Waals surface area contributed by atoms with Gasteiger partial charge in [0.25, 0.3) is 5.91 Å². The molecule has 0 radical (unpaired) electrons. The number of benzene rings is 2. The Morgan fingerprint density at radius 2 is 1.57 bits per heavy atom. The number of carboxylic acid groups (broad SMARTS) is 1. The number of aliphatic carboxylic acids is 1. The molecular weight excluding hydrogens is 514 g/mol. The summed E-state index contributed by atoms with van der Waals surface area (Å²) in [4.78, 5) is 34.1. The first-order chi connectivity index (χ1) is 16.8. The zero-order valence-corrected chi connectivity index (χ0v) is 23.0. The van der Waals surface area contributed by atoms with Gasteiger partial charge >= 0.3 is 6.09 Å². The van der Waals surface area contributed by atoms with Gasteiger partial charge in [-0.1, -0.05) is 74.0 Å². The highest BCUT2D eigenvalue weighted by molar-refractivity contribution is 7.59. The molecule has 37 heavy (non-hydrogen) atoms. The second-order valence-electron chi connectivity index (χ2n) is 8.54. The maximum atomic E-state index is 11.7. The maximum absolute atomic E-state index is 11.7. The lowest BCUT2D eigenvalue weighted by atomic mass is 10.1. The fourth-order valence-electron chi connectivity index (χ4n) is 3.21. The Morgan fingerprint density at radius 1 is 1.03 bits per heavy atom. The van der Waals surface area contributed by atoms with Crippen molar-refractivity contribution in [1.29, 1.82) is 0 Å². The van der Waals surface area contributed by atoms with Crippen molar-refractivity contribution in [2.75, 3.05) is 0 Å². The molecule has 0 bridgehead atoms. The summed E-state index contributed by atoms with van der Waals surface area (Å²) < 4.78 is 5.01. The third-order valence-electron chi connectivity index (χ3n) is 5.37. The standard InChI is InChI=1S/C17H17NO4.C9H18N2O2.2H2S/c19-16(20)15(11-13-7-3-1-4-8-13)18-17(21)22-12-14-9-5-2-6-10-14;1-2-3-7(10)8(12)9(13)11-6-4-5-6;;/h1-10,15H,11-12H2,(H,18,21)(H,19,20);6-8,12H,2-5,10H2,1H3,(H,11,13);2*1H2/t;7-,8-;;/m.0../s1. The minimum absolute atomic E-state index is 0. The van der Waals surface area contributed by atoms with E-state index in [0.29, 0.717) is 6.04 Å². The molecule has 1 fully saturated rings. The van der Waals surface area contributed by atoms with Crippen molar-refractivity contribution in [1.82, 2.24) is 10.6 Å². The number of aliphatic hydroxyl groups is 1. The van der Waals surface area contributed by atoms with Crippen LogP contribution in [0.15, 0.2) is 60.7 Å². The number of carbonyl (C=O) groups is 3. The number of rotatable bonds is 11. The highest BCUT2D eigenvalue weighted by Gasteiger charge is 2.30. The summed E-state index contributed by atoms with van der Waals surface area (Å²) in [7, 11) is 0. The molecule has 0 heterocycles. The SMILES string of the molecule is CCC[C@H]([NH3+])[C@H](O)C(=O)NC1CC1.O=C(NC(Cc1ccccc1)C(=O)[O-])OCc1ccccc1.S.S.